The largest absolute Gasteiger partial charge is 0.506 e. The molecule has 1 saturated heterocycles. The van der Waals surface area contributed by atoms with Gasteiger partial charge in [-0.15, -0.1) is 0 Å². The fourth-order valence-electron chi connectivity index (χ4n) is 4.65. The number of rotatable bonds is 3. The Morgan fingerprint density at radius 3 is 2.77 bits per heavy atom. The second kappa shape index (κ2) is 6.30. The van der Waals surface area contributed by atoms with Gasteiger partial charge in [-0.2, -0.15) is 15.6 Å². The van der Waals surface area contributed by atoms with E-state index in [1.165, 1.54) is 12.3 Å². The molecule has 8 heteroatoms. The molecule has 0 bridgehead atoms. The monoisotopic (exact) mass is 398 g/mol. The maximum absolute atomic E-state index is 13.4. The number of hydrogen-bond acceptors (Lipinski definition) is 6. The topological polar surface area (TPSA) is 118 Å². The summed E-state index contributed by atoms with van der Waals surface area (Å²) in [5.74, 6) is -0.227. The number of nitriles is 2. The Kier molecular flexibility index (Phi) is 3.81. The lowest BCUT2D eigenvalue weighted by molar-refractivity contribution is -0.124. The van der Waals surface area contributed by atoms with Gasteiger partial charge in [0.2, 0.25) is 5.91 Å². The Morgan fingerprint density at radius 1 is 1.27 bits per heavy atom. The van der Waals surface area contributed by atoms with E-state index in [0.29, 0.717) is 29.0 Å². The van der Waals surface area contributed by atoms with E-state index in [9.17, 15) is 20.4 Å². The fraction of sp³-hybridized carbons (Fsp3) is 0.318. The quantitative estimate of drug-likeness (QED) is 0.725. The number of aromatic nitrogens is 3. The number of aromatic hydroxyl groups is 1. The first-order valence-electron chi connectivity index (χ1n) is 9.80. The molecule has 1 N–H and O–H groups in total. The van der Waals surface area contributed by atoms with Crippen LogP contribution in [-0.4, -0.2) is 32.2 Å². The second-order valence-corrected chi connectivity index (χ2v) is 8.01. The molecule has 0 spiro atoms. The van der Waals surface area contributed by atoms with E-state index in [2.05, 4.69) is 16.2 Å². The molecule has 2 fully saturated rings. The summed E-state index contributed by atoms with van der Waals surface area (Å²) >= 11 is 0. The summed E-state index contributed by atoms with van der Waals surface area (Å²) < 4.78 is 1.62. The smallest absolute Gasteiger partial charge is 0.248 e. The van der Waals surface area contributed by atoms with Crippen molar-refractivity contribution in [3.05, 3.63) is 42.4 Å². The predicted octanol–water partition coefficient (Wildman–Crippen LogP) is 2.88. The van der Waals surface area contributed by atoms with Crippen molar-refractivity contribution in [1.82, 2.24) is 14.6 Å². The molecular weight excluding hydrogens is 380 g/mol. The highest BCUT2D eigenvalue weighted by Crippen LogP contribution is 2.54. The van der Waals surface area contributed by atoms with E-state index in [1.54, 1.807) is 33.9 Å². The highest BCUT2D eigenvalue weighted by molar-refractivity contribution is 6.05. The molecule has 4 heterocycles. The van der Waals surface area contributed by atoms with E-state index in [-0.39, 0.29) is 29.1 Å². The molecule has 0 aromatic carbocycles. The zero-order valence-corrected chi connectivity index (χ0v) is 16.3. The summed E-state index contributed by atoms with van der Waals surface area (Å²) in [6, 6.07) is 9.27. The molecule has 3 aromatic rings. The lowest BCUT2D eigenvalue weighted by Gasteiger charge is -2.23. The lowest BCUT2D eigenvalue weighted by Crippen LogP contribution is -2.37. The zero-order chi connectivity index (χ0) is 21.0. The van der Waals surface area contributed by atoms with Gasteiger partial charge in [-0.25, -0.2) is 4.52 Å². The Hall–Kier alpha value is -3.91. The van der Waals surface area contributed by atoms with Crippen molar-refractivity contribution >= 4 is 17.1 Å². The van der Waals surface area contributed by atoms with Gasteiger partial charge in [-0.1, -0.05) is 6.92 Å². The van der Waals surface area contributed by atoms with Crippen LogP contribution in [0.15, 0.2) is 36.8 Å². The van der Waals surface area contributed by atoms with Gasteiger partial charge in [-0.05, 0) is 37.0 Å². The van der Waals surface area contributed by atoms with Crippen molar-refractivity contribution in [1.29, 1.82) is 10.5 Å². The maximum Gasteiger partial charge on any atom is 0.248 e. The third kappa shape index (κ3) is 2.34. The highest BCUT2D eigenvalue weighted by Gasteiger charge is 2.61. The van der Waals surface area contributed by atoms with Gasteiger partial charge in [-0.3, -0.25) is 9.78 Å². The molecule has 1 aliphatic heterocycles. The molecule has 1 amide bonds. The number of carbonyl (C=O) groups is 1. The Morgan fingerprint density at radius 2 is 2.07 bits per heavy atom. The standard InChI is InChI=1S/C22H18N6O2/c1-13-10-27(21(30)22(13,12-24)15-2-3-15)17-4-7-26-28-11-14(8-18(17)28)20-16(9-23)19(29)5-6-25-20/h4-8,11,13,15H,2-3,10H2,1H3,(H,25,29)/t13-,22+/m1/s1. The van der Waals surface area contributed by atoms with E-state index in [4.69, 9.17) is 0 Å². The number of nitrogens with zero attached hydrogens (tertiary/aromatic N) is 6. The maximum atomic E-state index is 13.4. The van der Waals surface area contributed by atoms with Crippen molar-refractivity contribution in [2.24, 2.45) is 17.3 Å². The van der Waals surface area contributed by atoms with Gasteiger partial charge >= 0.3 is 0 Å². The molecule has 2 aliphatic rings. The van der Waals surface area contributed by atoms with Crippen LogP contribution in [0.25, 0.3) is 16.8 Å². The molecule has 8 nitrogen and oxygen atoms in total. The van der Waals surface area contributed by atoms with Crippen molar-refractivity contribution in [3.63, 3.8) is 0 Å². The van der Waals surface area contributed by atoms with Crippen molar-refractivity contribution < 1.29 is 9.90 Å². The van der Waals surface area contributed by atoms with Crippen LogP contribution in [0.5, 0.6) is 5.75 Å². The van der Waals surface area contributed by atoms with Gasteiger partial charge < -0.3 is 10.0 Å². The normalized spacial score (nSPS) is 23.5. The predicted molar refractivity (Wildman–Crippen MR) is 107 cm³/mol. The van der Waals surface area contributed by atoms with E-state index in [1.807, 2.05) is 13.0 Å². The van der Waals surface area contributed by atoms with Crippen LogP contribution in [0, 0.1) is 39.9 Å². The highest BCUT2D eigenvalue weighted by atomic mass is 16.3. The summed E-state index contributed by atoms with van der Waals surface area (Å²) in [4.78, 5) is 19.3. The fourth-order valence-corrected chi connectivity index (χ4v) is 4.65. The van der Waals surface area contributed by atoms with Crippen LogP contribution in [-0.2, 0) is 4.79 Å². The lowest BCUT2D eigenvalue weighted by atomic mass is 9.75. The molecular formula is C22H18N6O2. The molecule has 0 radical (unpaired) electrons. The summed E-state index contributed by atoms with van der Waals surface area (Å²) in [6.45, 7) is 2.44. The van der Waals surface area contributed by atoms with Gasteiger partial charge in [0.05, 0.1) is 23.0 Å². The van der Waals surface area contributed by atoms with Gasteiger partial charge in [0, 0.05) is 36.6 Å². The first-order chi connectivity index (χ1) is 14.5. The third-order valence-electron chi connectivity index (χ3n) is 6.33. The first-order valence-corrected chi connectivity index (χ1v) is 9.80. The molecule has 1 saturated carbocycles. The van der Waals surface area contributed by atoms with Crippen LogP contribution in [0.2, 0.25) is 0 Å². The Labute approximate surface area is 172 Å². The molecule has 148 valence electrons. The number of fused-ring (bicyclic) bond motifs is 1. The second-order valence-electron chi connectivity index (χ2n) is 8.01. The number of pyridine rings is 1. The van der Waals surface area contributed by atoms with Crippen molar-refractivity contribution in [3.8, 4) is 29.1 Å². The zero-order valence-electron chi connectivity index (χ0n) is 16.3. The van der Waals surface area contributed by atoms with Crippen LogP contribution in [0.1, 0.15) is 25.3 Å². The van der Waals surface area contributed by atoms with Gasteiger partial charge in [0.25, 0.3) is 0 Å². The molecule has 30 heavy (non-hydrogen) atoms. The number of anilines is 1. The van der Waals surface area contributed by atoms with Gasteiger partial charge in [0.15, 0.2) is 0 Å². The Bertz CT molecular complexity index is 1280. The molecule has 2 atom stereocenters. The average Bonchev–Trinajstić information content (AvgIpc) is 3.44. The van der Waals surface area contributed by atoms with E-state index in [0.717, 1.165) is 12.8 Å². The minimum atomic E-state index is -0.962. The molecule has 0 unspecified atom stereocenters. The van der Waals surface area contributed by atoms with Crippen LogP contribution < -0.4 is 4.90 Å². The summed E-state index contributed by atoms with van der Waals surface area (Å²) in [6.07, 6.45) is 6.58. The molecule has 5 rings (SSSR count). The van der Waals surface area contributed by atoms with E-state index < -0.39 is 5.41 Å². The van der Waals surface area contributed by atoms with Gasteiger partial charge in [0.1, 0.15) is 22.8 Å². The summed E-state index contributed by atoms with van der Waals surface area (Å²) in [5.41, 5.74) is 1.42. The third-order valence-corrected chi connectivity index (χ3v) is 6.33. The van der Waals surface area contributed by atoms with Crippen LogP contribution >= 0.6 is 0 Å². The minimum absolute atomic E-state index is 0.0666. The van der Waals surface area contributed by atoms with Crippen LogP contribution in [0.4, 0.5) is 5.69 Å². The average molecular weight is 398 g/mol. The number of amides is 1. The summed E-state index contributed by atoms with van der Waals surface area (Å²) in [5, 5.41) is 33.6. The van der Waals surface area contributed by atoms with Crippen molar-refractivity contribution in [2.45, 2.75) is 19.8 Å². The van der Waals surface area contributed by atoms with E-state index >= 15 is 0 Å². The number of carbonyl (C=O) groups excluding carboxylic acids is 1. The SMILES string of the molecule is C[C@@H]1CN(c2ccnn3cc(-c4nccc(O)c4C#N)cc23)C(=O)[C@]1(C#N)C1CC1. The Balaban J connectivity index is 1.63. The van der Waals surface area contributed by atoms with Crippen LogP contribution in [0.3, 0.4) is 0 Å². The molecule has 3 aromatic heterocycles. The first kappa shape index (κ1) is 18.1. The van der Waals surface area contributed by atoms with Crippen molar-refractivity contribution in [2.75, 3.05) is 11.4 Å². The molecule has 1 aliphatic carbocycles. The minimum Gasteiger partial charge on any atom is -0.506 e. The number of hydrogen-bond donors (Lipinski definition) is 1. The summed E-state index contributed by atoms with van der Waals surface area (Å²) in [7, 11) is 0.